The fourth-order valence-corrected chi connectivity index (χ4v) is 4.70. The molecule has 0 amide bonds. The van der Waals surface area contributed by atoms with Crippen molar-refractivity contribution in [1.82, 2.24) is 9.13 Å². The van der Waals surface area contributed by atoms with E-state index in [2.05, 4.69) is 16.1 Å². The summed E-state index contributed by atoms with van der Waals surface area (Å²) in [6, 6.07) is 0.839. The Hall–Kier alpha value is 0.427. The fraction of sp³-hybridized carbons (Fsp3) is 1.00. The summed E-state index contributed by atoms with van der Waals surface area (Å²) in [7, 11) is -0.125. The summed E-state index contributed by atoms with van der Waals surface area (Å²) >= 11 is 6.30. The molecule has 0 aromatic rings. The molecule has 76 valence electrons. The van der Waals surface area contributed by atoms with E-state index in [4.69, 9.17) is 11.6 Å². The molecule has 13 heavy (non-hydrogen) atoms. The van der Waals surface area contributed by atoms with Crippen molar-refractivity contribution in [2.24, 2.45) is 0 Å². The van der Waals surface area contributed by atoms with Crippen LogP contribution in [-0.2, 0) is 0 Å². The Morgan fingerprint density at radius 3 is 2.54 bits per heavy atom. The molecule has 4 heteroatoms. The predicted molar refractivity (Wildman–Crippen MR) is 59.3 cm³/mol. The first-order valence-corrected chi connectivity index (χ1v) is 7.17. The van der Waals surface area contributed by atoms with Gasteiger partial charge in [-0.25, -0.2) is 0 Å². The average Bonchev–Trinajstić information content (AvgIpc) is 2.18. The van der Waals surface area contributed by atoms with E-state index >= 15 is 0 Å². The maximum Gasteiger partial charge on any atom is 0.177 e. The van der Waals surface area contributed by atoms with Gasteiger partial charge in [0.15, 0.2) is 9.84 Å². The van der Waals surface area contributed by atoms with Crippen LogP contribution < -0.4 is 0 Å². The number of alkyl halides is 1. The quantitative estimate of drug-likeness (QED) is 0.394. The van der Waals surface area contributed by atoms with Crippen LogP contribution in [0.3, 0.4) is 0 Å². The van der Waals surface area contributed by atoms with E-state index in [0.29, 0.717) is 0 Å². The Morgan fingerprint density at radius 1 is 1.31 bits per heavy atom. The number of nitrogens with zero attached hydrogens (tertiary/aromatic N) is 2. The lowest BCUT2D eigenvalue weighted by Crippen LogP contribution is -2.67. The highest BCUT2D eigenvalue weighted by Crippen LogP contribution is 2.30. The molecule has 0 radical (unpaired) electrons. The van der Waals surface area contributed by atoms with E-state index in [-0.39, 0.29) is 15.5 Å². The molecule has 0 bridgehead atoms. The van der Waals surface area contributed by atoms with E-state index in [1.165, 1.54) is 32.1 Å². The van der Waals surface area contributed by atoms with E-state index < -0.39 is 0 Å². The molecule has 2 rings (SSSR count). The maximum absolute atomic E-state index is 6.30. The molecule has 0 aromatic heterocycles. The first kappa shape index (κ1) is 9.96. The van der Waals surface area contributed by atoms with Crippen LogP contribution >= 0.6 is 11.6 Å². The molecule has 2 aliphatic rings. The third-order valence-electron chi connectivity index (χ3n) is 3.37. The second-order valence-electron chi connectivity index (χ2n) is 4.16. The zero-order valence-electron chi connectivity index (χ0n) is 8.38. The summed E-state index contributed by atoms with van der Waals surface area (Å²) in [4.78, 5) is 0. The third kappa shape index (κ3) is 1.93. The Kier molecular flexibility index (Phi) is 3.29. The zero-order chi connectivity index (χ0) is 9.26. The van der Waals surface area contributed by atoms with Gasteiger partial charge < -0.3 is 0 Å². The second-order valence-corrected chi connectivity index (χ2v) is 6.38. The van der Waals surface area contributed by atoms with E-state index in [1.807, 2.05) is 0 Å². The third-order valence-corrected chi connectivity index (χ3v) is 6.70. The molecule has 1 saturated heterocycles. The minimum absolute atomic E-state index is 0.125. The van der Waals surface area contributed by atoms with E-state index in [0.717, 1.165) is 12.6 Å². The monoisotopic (exact) mass is 218 g/mol. The van der Waals surface area contributed by atoms with Crippen molar-refractivity contribution >= 4 is 21.4 Å². The lowest BCUT2D eigenvalue weighted by atomic mass is 9.96. The van der Waals surface area contributed by atoms with Gasteiger partial charge in [0, 0.05) is 6.04 Å². The van der Waals surface area contributed by atoms with Crippen LogP contribution in [0, 0.1) is 0 Å². The van der Waals surface area contributed by atoms with Crippen molar-refractivity contribution in [3.05, 3.63) is 0 Å². The predicted octanol–water partition coefficient (Wildman–Crippen LogP) is 1.48. The Morgan fingerprint density at radius 2 is 2.00 bits per heavy atom. The molecule has 1 atom stereocenters. The number of halogens is 1. The van der Waals surface area contributed by atoms with Crippen molar-refractivity contribution in [2.75, 3.05) is 6.54 Å². The molecule has 1 heterocycles. The van der Waals surface area contributed by atoms with E-state index in [9.17, 15) is 0 Å². The molecule has 0 aromatic carbocycles. The lowest BCUT2D eigenvalue weighted by Gasteiger charge is -2.51. The summed E-state index contributed by atoms with van der Waals surface area (Å²) in [5.74, 6) is 0. The Labute approximate surface area is 88.2 Å². The van der Waals surface area contributed by atoms with Gasteiger partial charge in [-0.3, -0.25) is 9.13 Å². The standard InChI is InChI=1S/C9H19ClN2Si/c1-2-11-9(10)12(13-11)8-6-4-3-5-7-8/h8-9H,2-7,13H2,1H3. The van der Waals surface area contributed by atoms with Crippen LogP contribution in [0.2, 0.25) is 0 Å². The maximum atomic E-state index is 6.30. The highest BCUT2D eigenvalue weighted by atomic mass is 35.5. The molecule has 2 fully saturated rings. The van der Waals surface area contributed by atoms with Crippen molar-refractivity contribution in [3.63, 3.8) is 0 Å². The zero-order valence-corrected chi connectivity index (χ0v) is 10.5. The molecule has 1 aliphatic heterocycles. The highest BCUT2D eigenvalue weighted by Gasteiger charge is 2.38. The van der Waals surface area contributed by atoms with Gasteiger partial charge >= 0.3 is 0 Å². The summed E-state index contributed by atoms with van der Waals surface area (Å²) in [6.07, 6.45) is 7.08. The molecule has 1 unspecified atom stereocenters. The first-order valence-electron chi connectivity index (χ1n) is 5.47. The topological polar surface area (TPSA) is 6.48 Å². The molecular weight excluding hydrogens is 200 g/mol. The Bertz CT molecular complexity index is 173. The smallest absolute Gasteiger partial charge is 0.177 e. The number of rotatable bonds is 2. The SMILES string of the molecule is CCN1[SiH2]N(C2CCCCC2)C1Cl. The van der Waals surface area contributed by atoms with Gasteiger partial charge in [0.05, 0.1) is 0 Å². The fourth-order valence-electron chi connectivity index (χ4n) is 2.41. The number of hydrogen-bond donors (Lipinski definition) is 0. The van der Waals surface area contributed by atoms with Crippen LogP contribution in [0.15, 0.2) is 0 Å². The van der Waals surface area contributed by atoms with Gasteiger partial charge in [-0.2, -0.15) is 0 Å². The summed E-state index contributed by atoms with van der Waals surface area (Å²) in [5.41, 5.74) is 0.250. The van der Waals surface area contributed by atoms with Crippen LogP contribution in [0.5, 0.6) is 0 Å². The highest BCUT2D eigenvalue weighted by molar-refractivity contribution is 6.39. The van der Waals surface area contributed by atoms with E-state index in [1.54, 1.807) is 0 Å². The van der Waals surface area contributed by atoms with Gasteiger partial charge in [-0.15, -0.1) is 0 Å². The van der Waals surface area contributed by atoms with Gasteiger partial charge in [0.2, 0.25) is 0 Å². The summed E-state index contributed by atoms with van der Waals surface area (Å²) in [5, 5.41) is 0. The Balaban J connectivity index is 1.82. The van der Waals surface area contributed by atoms with Crippen molar-refractivity contribution in [1.29, 1.82) is 0 Å². The summed E-state index contributed by atoms with van der Waals surface area (Å²) in [6.45, 7) is 3.35. The van der Waals surface area contributed by atoms with Crippen LogP contribution in [0.4, 0.5) is 0 Å². The minimum atomic E-state index is -0.125. The summed E-state index contributed by atoms with van der Waals surface area (Å²) < 4.78 is 5.03. The van der Waals surface area contributed by atoms with Gasteiger partial charge in [-0.05, 0) is 19.4 Å². The lowest BCUT2D eigenvalue weighted by molar-refractivity contribution is 0.103. The second kappa shape index (κ2) is 4.30. The normalized spacial score (nSPS) is 35.1. The molecule has 0 spiro atoms. The molecule has 1 saturated carbocycles. The van der Waals surface area contributed by atoms with Crippen molar-refractivity contribution < 1.29 is 0 Å². The molecule has 1 aliphatic carbocycles. The minimum Gasteiger partial charge on any atom is -0.289 e. The first-order chi connectivity index (χ1) is 6.33. The van der Waals surface area contributed by atoms with Crippen LogP contribution in [0.1, 0.15) is 39.0 Å². The largest absolute Gasteiger partial charge is 0.289 e. The average molecular weight is 219 g/mol. The van der Waals surface area contributed by atoms with Gasteiger partial charge in [0.25, 0.3) is 0 Å². The molecule has 0 N–H and O–H groups in total. The van der Waals surface area contributed by atoms with Crippen molar-refractivity contribution in [2.45, 2.75) is 50.7 Å². The number of hydrogen-bond acceptors (Lipinski definition) is 2. The molecule has 2 nitrogen and oxygen atoms in total. The van der Waals surface area contributed by atoms with Gasteiger partial charge in [0.1, 0.15) is 5.62 Å². The van der Waals surface area contributed by atoms with Gasteiger partial charge in [-0.1, -0.05) is 37.8 Å². The van der Waals surface area contributed by atoms with Crippen molar-refractivity contribution in [3.8, 4) is 0 Å². The van der Waals surface area contributed by atoms with Crippen LogP contribution in [-0.4, -0.2) is 37.2 Å². The van der Waals surface area contributed by atoms with Crippen LogP contribution in [0.25, 0.3) is 0 Å². The molecular formula is C9H19ClN2Si.